The van der Waals surface area contributed by atoms with Gasteiger partial charge < -0.3 is 9.47 Å². The van der Waals surface area contributed by atoms with Crippen LogP contribution >= 0.6 is 45.2 Å². The van der Waals surface area contributed by atoms with Crippen molar-refractivity contribution < 1.29 is 9.47 Å². The number of rotatable bonds is 11. The summed E-state index contributed by atoms with van der Waals surface area (Å²) in [5.41, 5.74) is 2.59. The molecule has 3 aromatic carbocycles. The van der Waals surface area contributed by atoms with Crippen LogP contribution in [0.5, 0.6) is 0 Å². The Kier molecular flexibility index (Phi) is 9.42. The van der Waals surface area contributed by atoms with Crippen molar-refractivity contribution >= 4 is 45.2 Å². The van der Waals surface area contributed by atoms with Crippen LogP contribution in [0.2, 0.25) is 0 Å². The molecule has 0 saturated carbocycles. The molecule has 4 heteroatoms. The lowest BCUT2D eigenvalue weighted by Gasteiger charge is -2.38. The molecule has 3 rings (SSSR count). The van der Waals surface area contributed by atoms with Gasteiger partial charge in [0.1, 0.15) is 5.60 Å². The van der Waals surface area contributed by atoms with E-state index < -0.39 is 5.60 Å². The highest BCUT2D eigenvalue weighted by molar-refractivity contribution is 14.1. The highest BCUT2D eigenvalue weighted by Gasteiger charge is 2.40. The summed E-state index contributed by atoms with van der Waals surface area (Å²) < 4.78 is 15.2. The lowest BCUT2D eigenvalue weighted by Crippen LogP contribution is -2.38. The minimum atomic E-state index is -0.731. The van der Waals surface area contributed by atoms with Gasteiger partial charge in [0.25, 0.3) is 0 Å². The quantitative estimate of drug-likeness (QED) is 0.101. The Balaban J connectivity index is 2.15. The van der Waals surface area contributed by atoms with Gasteiger partial charge in [-0.15, -0.1) is 0 Å². The maximum atomic E-state index is 6.97. The summed E-state index contributed by atoms with van der Waals surface area (Å²) in [5, 5.41) is 0. The molecule has 0 heterocycles. The first-order chi connectivity index (χ1) is 14.3. The van der Waals surface area contributed by atoms with E-state index in [0.29, 0.717) is 6.61 Å². The van der Waals surface area contributed by atoms with Gasteiger partial charge in [0.15, 0.2) is 6.29 Å². The lowest BCUT2D eigenvalue weighted by molar-refractivity contribution is -0.189. The van der Waals surface area contributed by atoms with Crippen LogP contribution in [0, 0.1) is 0 Å². The molecule has 1 atom stereocenters. The van der Waals surface area contributed by atoms with Gasteiger partial charge in [-0.2, -0.15) is 0 Å². The molecule has 2 nitrogen and oxygen atoms in total. The van der Waals surface area contributed by atoms with E-state index in [4.69, 9.17) is 9.47 Å². The Labute approximate surface area is 201 Å². The van der Waals surface area contributed by atoms with E-state index >= 15 is 0 Å². The van der Waals surface area contributed by atoms with Crippen LogP contribution in [-0.4, -0.2) is 21.8 Å². The van der Waals surface area contributed by atoms with Gasteiger partial charge in [-0.1, -0.05) is 136 Å². The first kappa shape index (κ1) is 22.7. The second kappa shape index (κ2) is 12.0. The first-order valence-corrected chi connectivity index (χ1v) is 12.9. The van der Waals surface area contributed by atoms with E-state index in [0.717, 1.165) is 38.4 Å². The molecule has 0 fully saturated rings. The fourth-order valence-electron chi connectivity index (χ4n) is 3.52. The Morgan fingerprint density at radius 1 is 0.655 bits per heavy atom. The summed E-state index contributed by atoms with van der Waals surface area (Å²) in [6.07, 6.45) is 1.65. The van der Waals surface area contributed by atoms with Gasteiger partial charge >= 0.3 is 0 Å². The van der Waals surface area contributed by atoms with Gasteiger partial charge in [0.05, 0.1) is 6.61 Å². The highest BCUT2D eigenvalue weighted by Crippen LogP contribution is 2.42. The van der Waals surface area contributed by atoms with Crippen molar-refractivity contribution in [2.45, 2.75) is 24.7 Å². The third-order valence-corrected chi connectivity index (χ3v) is 6.01. The fraction of sp³-hybridized carbons (Fsp3) is 0.280. The van der Waals surface area contributed by atoms with E-state index in [1.807, 2.05) is 18.2 Å². The van der Waals surface area contributed by atoms with Crippen molar-refractivity contribution in [2.24, 2.45) is 0 Å². The van der Waals surface area contributed by atoms with Gasteiger partial charge in [-0.3, -0.25) is 0 Å². The topological polar surface area (TPSA) is 18.5 Å². The van der Waals surface area contributed by atoms with Gasteiger partial charge in [-0.05, 0) is 34.0 Å². The fourth-order valence-corrected chi connectivity index (χ4v) is 4.21. The molecule has 0 aliphatic heterocycles. The third kappa shape index (κ3) is 5.81. The van der Waals surface area contributed by atoms with Gasteiger partial charge in [0.2, 0.25) is 0 Å². The van der Waals surface area contributed by atoms with Crippen molar-refractivity contribution in [2.75, 3.05) is 15.5 Å². The van der Waals surface area contributed by atoms with E-state index in [-0.39, 0.29) is 6.29 Å². The van der Waals surface area contributed by atoms with Gasteiger partial charge in [-0.25, -0.2) is 0 Å². The molecule has 0 amide bonds. The second-order valence-corrected chi connectivity index (χ2v) is 8.88. The van der Waals surface area contributed by atoms with Crippen molar-refractivity contribution in [1.82, 2.24) is 0 Å². The summed E-state index contributed by atoms with van der Waals surface area (Å²) in [7, 11) is 0. The molecule has 29 heavy (non-hydrogen) atoms. The summed E-state index contributed by atoms with van der Waals surface area (Å²) in [6, 6.07) is 31.5. The van der Waals surface area contributed by atoms with Crippen molar-refractivity contribution in [1.29, 1.82) is 0 Å². The molecule has 1 unspecified atom stereocenters. The number of benzene rings is 3. The maximum absolute atomic E-state index is 6.97. The molecular formula is C25H26I2O2. The Morgan fingerprint density at radius 2 is 1.10 bits per heavy atom. The standard InChI is InChI=1S/C25H26I2O2/c26-18-10-17-24(28-20-19-27)29-25(21-11-4-1-5-12-21,22-13-6-2-7-14-22)23-15-8-3-9-16-23/h1-9,11-16,24H,10,17-20H2. The maximum Gasteiger partial charge on any atom is 0.159 e. The summed E-state index contributed by atoms with van der Waals surface area (Å²) in [6.45, 7) is 0.681. The van der Waals surface area contributed by atoms with Crippen LogP contribution in [0.1, 0.15) is 29.5 Å². The molecule has 3 aromatic rings. The Hall–Kier alpha value is -0.960. The highest BCUT2D eigenvalue weighted by atomic mass is 127. The summed E-state index contributed by atoms with van der Waals surface area (Å²) in [4.78, 5) is 0. The van der Waals surface area contributed by atoms with Crippen LogP contribution in [0.15, 0.2) is 91.0 Å². The predicted molar refractivity (Wildman–Crippen MR) is 137 cm³/mol. The SMILES string of the molecule is ICCCC(OCCI)OC(c1ccccc1)(c1ccccc1)c1ccccc1. The largest absolute Gasteiger partial charge is 0.352 e. The third-order valence-electron chi connectivity index (χ3n) is 4.80. The number of ether oxygens (including phenoxy) is 2. The van der Waals surface area contributed by atoms with Crippen molar-refractivity contribution in [3.8, 4) is 0 Å². The number of alkyl halides is 2. The number of halogens is 2. The molecule has 0 spiro atoms. The van der Waals surface area contributed by atoms with E-state index in [2.05, 4.69) is 118 Å². The minimum absolute atomic E-state index is 0.278. The predicted octanol–water partition coefficient (Wildman–Crippen LogP) is 6.99. The first-order valence-electron chi connectivity index (χ1n) is 9.89. The molecule has 0 N–H and O–H groups in total. The smallest absolute Gasteiger partial charge is 0.159 e. The molecule has 152 valence electrons. The van der Waals surface area contributed by atoms with E-state index in [1.165, 1.54) is 0 Å². The van der Waals surface area contributed by atoms with E-state index in [1.54, 1.807) is 0 Å². The normalized spacial score (nSPS) is 12.6. The van der Waals surface area contributed by atoms with Crippen LogP contribution in [0.3, 0.4) is 0 Å². The minimum Gasteiger partial charge on any atom is -0.352 e. The lowest BCUT2D eigenvalue weighted by atomic mass is 9.80. The molecule has 0 aromatic heterocycles. The zero-order valence-corrected chi connectivity index (χ0v) is 20.7. The monoisotopic (exact) mass is 612 g/mol. The summed E-state index contributed by atoms with van der Waals surface area (Å²) in [5.74, 6) is 0. The molecular weight excluding hydrogens is 586 g/mol. The Morgan fingerprint density at radius 3 is 1.48 bits per heavy atom. The van der Waals surface area contributed by atoms with Gasteiger partial charge in [0, 0.05) is 4.43 Å². The van der Waals surface area contributed by atoms with Crippen molar-refractivity contribution in [3.05, 3.63) is 108 Å². The average Bonchev–Trinajstić information content (AvgIpc) is 2.80. The van der Waals surface area contributed by atoms with Crippen molar-refractivity contribution in [3.63, 3.8) is 0 Å². The average molecular weight is 612 g/mol. The molecule has 0 aliphatic carbocycles. The molecule has 0 aliphatic rings. The van der Waals surface area contributed by atoms with E-state index in [9.17, 15) is 0 Å². The van der Waals surface area contributed by atoms with Crippen LogP contribution in [0.4, 0.5) is 0 Å². The molecule has 0 saturated heterocycles. The van der Waals surface area contributed by atoms with Crippen LogP contribution in [0.25, 0.3) is 0 Å². The van der Waals surface area contributed by atoms with Crippen LogP contribution in [-0.2, 0) is 15.1 Å². The zero-order chi connectivity index (χ0) is 20.4. The zero-order valence-electron chi connectivity index (χ0n) is 16.3. The molecule has 0 bridgehead atoms. The number of hydrogen-bond acceptors (Lipinski definition) is 2. The van der Waals surface area contributed by atoms with Crippen LogP contribution < -0.4 is 0 Å². The number of hydrogen-bond donors (Lipinski definition) is 0. The Bertz CT molecular complexity index is 721. The second-order valence-electron chi connectivity index (χ2n) is 6.72. The molecule has 0 radical (unpaired) electrons. The summed E-state index contributed by atoms with van der Waals surface area (Å²) >= 11 is 4.77.